The minimum Gasteiger partial charge on any atom is -0.262 e. The number of rotatable bonds is 4. The van der Waals surface area contributed by atoms with Crippen LogP contribution in [-0.4, -0.2) is 24.2 Å². The Morgan fingerprint density at radius 3 is 1.57 bits per heavy atom. The first kappa shape index (κ1) is 18.1. The zero-order valence-electron chi connectivity index (χ0n) is 15.6. The fourth-order valence-corrected chi connectivity index (χ4v) is 3.78. The molecule has 0 spiro atoms. The molecule has 2 aromatic rings. The number of carbonyl (C=O) groups is 2. The third kappa shape index (κ3) is 4.17. The Bertz CT molecular complexity index is 899. The minimum absolute atomic E-state index is 0.858. The van der Waals surface area contributed by atoms with Gasteiger partial charge in [-0.1, -0.05) is 24.3 Å². The number of nitrogens with zero attached hydrogens (tertiary/aromatic N) is 2. The molecule has 0 fully saturated rings. The van der Waals surface area contributed by atoms with Gasteiger partial charge in [-0.3, -0.25) is 9.59 Å². The van der Waals surface area contributed by atoms with Gasteiger partial charge in [0.2, 0.25) is 0 Å². The predicted octanol–water partition coefficient (Wildman–Crippen LogP) is 2.26. The maximum Gasteiger partial charge on any atom is 0.331 e. The fourth-order valence-electron chi connectivity index (χ4n) is 3.78. The lowest BCUT2D eigenvalue weighted by Gasteiger charge is -2.01. The monoisotopic (exact) mass is 374 g/mol. The molecule has 2 aliphatic rings. The van der Waals surface area contributed by atoms with Gasteiger partial charge in [0.15, 0.2) is 0 Å². The first-order chi connectivity index (χ1) is 13.7. The number of nitrogens with one attached hydrogen (secondary N) is 2. The molecular formula is C22H22N4O2. The molecule has 2 amide bonds. The summed E-state index contributed by atoms with van der Waals surface area (Å²) in [5.74, 6) is -1.72. The summed E-state index contributed by atoms with van der Waals surface area (Å²) < 4.78 is 0. The second-order valence-electron chi connectivity index (χ2n) is 7.16. The molecule has 0 bridgehead atoms. The first-order valence-electron chi connectivity index (χ1n) is 9.59. The average molecular weight is 374 g/mol. The standard InChI is InChI=1S/C22H22N4O2/c27-21(25-23-13-15-7-9-17-3-1-5-19(17)11-15)22(28)26-24-14-16-8-10-18-4-2-6-20(18)12-16/h7-14H,1-6H2,(H,25,27)(H,26,28)/b23-13-,24-14-. The second-order valence-corrected chi connectivity index (χ2v) is 7.16. The van der Waals surface area contributed by atoms with Crippen LogP contribution in [0.25, 0.3) is 0 Å². The van der Waals surface area contributed by atoms with E-state index < -0.39 is 11.8 Å². The molecule has 6 nitrogen and oxygen atoms in total. The third-order valence-corrected chi connectivity index (χ3v) is 5.21. The fraction of sp³-hybridized carbons (Fsp3) is 0.273. The molecule has 0 heterocycles. The summed E-state index contributed by atoms with van der Waals surface area (Å²) in [6.07, 6.45) is 9.83. The summed E-state index contributed by atoms with van der Waals surface area (Å²) in [6.45, 7) is 0. The number of fused-ring (bicyclic) bond motifs is 2. The van der Waals surface area contributed by atoms with Gasteiger partial charge < -0.3 is 0 Å². The van der Waals surface area contributed by atoms with Crippen molar-refractivity contribution in [1.82, 2.24) is 10.9 Å². The Hall–Kier alpha value is -3.28. The molecule has 0 aromatic heterocycles. The van der Waals surface area contributed by atoms with Crippen LogP contribution in [0.3, 0.4) is 0 Å². The Morgan fingerprint density at radius 2 is 1.11 bits per heavy atom. The van der Waals surface area contributed by atoms with Crippen LogP contribution in [0.4, 0.5) is 0 Å². The molecule has 142 valence electrons. The molecule has 0 atom stereocenters. The highest BCUT2D eigenvalue weighted by Crippen LogP contribution is 2.23. The number of hydrazone groups is 2. The van der Waals surface area contributed by atoms with E-state index in [0.717, 1.165) is 36.8 Å². The van der Waals surface area contributed by atoms with Crippen LogP contribution < -0.4 is 10.9 Å². The molecule has 2 N–H and O–H groups in total. The van der Waals surface area contributed by atoms with Gasteiger partial charge in [0.25, 0.3) is 0 Å². The van der Waals surface area contributed by atoms with E-state index in [9.17, 15) is 9.59 Å². The SMILES string of the molecule is O=C(N/N=C\c1ccc2c(c1)CCC2)C(=O)N/N=C\c1ccc2c(c1)CCC2. The van der Waals surface area contributed by atoms with Gasteiger partial charge in [0.1, 0.15) is 0 Å². The van der Waals surface area contributed by atoms with Crippen molar-refractivity contribution in [3.63, 3.8) is 0 Å². The van der Waals surface area contributed by atoms with E-state index in [0.29, 0.717) is 0 Å². The van der Waals surface area contributed by atoms with Crippen molar-refractivity contribution >= 4 is 24.2 Å². The zero-order valence-corrected chi connectivity index (χ0v) is 15.6. The Labute approximate surface area is 163 Å². The van der Waals surface area contributed by atoms with Crippen LogP contribution in [0, 0.1) is 0 Å². The van der Waals surface area contributed by atoms with Crippen molar-refractivity contribution in [3.05, 3.63) is 69.8 Å². The highest BCUT2D eigenvalue weighted by molar-refractivity contribution is 6.35. The first-order valence-corrected chi connectivity index (χ1v) is 9.59. The second kappa shape index (κ2) is 8.17. The van der Waals surface area contributed by atoms with Crippen molar-refractivity contribution in [2.24, 2.45) is 10.2 Å². The molecule has 0 aliphatic heterocycles. The number of hydrogen-bond donors (Lipinski definition) is 2. The summed E-state index contributed by atoms with van der Waals surface area (Å²) >= 11 is 0. The highest BCUT2D eigenvalue weighted by atomic mass is 16.2. The van der Waals surface area contributed by atoms with E-state index >= 15 is 0 Å². The van der Waals surface area contributed by atoms with Crippen molar-refractivity contribution in [2.75, 3.05) is 0 Å². The molecule has 28 heavy (non-hydrogen) atoms. The van der Waals surface area contributed by atoms with E-state index in [4.69, 9.17) is 0 Å². The molecule has 4 rings (SSSR count). The van der Waals surface area contributed by atoms with Crippen molar-refractivity contribution in [1.29, 1.82) is 0 Å². The quantitative estimate of drug-likeness (QED) is 0.489. The van der Waals surface area contributed by atoms with Gasteiger partial charge in [-0.2, -0.15) is 10.2 Å². The van der Waals surface area contributed by atoms with E-state index in [2.05, 4.69) is 45.3 Å². The van der Waals surface area contributed by atoms with E-state index in [-0.39, 0.29) is 0 Å². The van der Waals surface area contributed by atoms with Gasteiger partial charge in [0.05, 0.1) is 12.4 Å². The molecule has 2 aliphatic carbocycles. The lowest BCUT2D eigenvalue weighted by atomic mass is 10.1. The van der Waals surface area contributed by atoms with E-state index in [1.807, 2.05) is 12.1 Å². The molecular weight excluding hydrogens is 352 g/mol. The topological polar surface area (TPSA) is 82.9 Å². The third-order valence-electron chi connectivity index (χ3n) is 5.21. The number of carbonyl (C=O) groups excluding carboxylic acids is 2. The Balaban J connectivity index is 1.27. The van der Waals surface area contributed by atoms with Crippen LogP contribution in [0.2, 0.25) is 0 Å². The highest BCUT2D eigenvalue weighted by Gasteiger charge is 2.13. The van der Waals surface area contributed by atoms with Crippen LogP contribution in [0.15, 0.2) is 46.6 Å². The minimum atomic E-state index is -0.858. The molecule has 0 saturated heterocycles. The summed E-state index contributed by atoms with van der Waals surface area (Å²) in [5, 5.41) is 7.71. The normalized spacial score (nSPS) is 15.0. The van der Waals surface area contributed by atoms with Crippen LogP contribution in [0.1, 0.15) is 46.2 Å². The number of aryl methyl sites for hydroxylation is 4. The van der Waals surface area contributed by atoms with Crippen molar-refractivity contribution in [2.45, 2.75) is 38.5 Å². The number of benzene rings is 2. The van der Waals surface area contributed by atoms with Gasteiger partial charge in [-0.05, 0) is 84.0 Å². The number of amides is 2. The van der Waals surface area contributed by atoms with Crippen LogP contribution in [-0.2, 0) is 35.3 Å². The zero-order chi connectivity index (χ0) is 19.3. The molecule has 0 saturated carbocycles. The molecule has 6 heteroatoms. The summed E-state index contributed by atoms with van der Waals surface area (Å²) in [5.41, 5.74) is 11.7. The smallest absolute Gasteiger partial charge is 0.262 e. The van der Waals surface area contributed by atoms with Gasteiger partial charge >= 0.3 is 11.8 Å². The summed E-state index contributed by atoms with van der Waals surface area (Å²) in [6, 6.07) is 12.2. The van der Waals surface area contributed by atoms with Gasteiger partial charge in [-0.15, -0.1) is 0 Å². The average Bonchev–Trinajstić information content (AvgIpc) is 3.36. The Morgan fingerprint density at radius 1 is 0.679 bits per heavy atom. The molecule has 0 unspecified atom stereocenters. The maximum absolute atomic E-state index is 11.8. The van der Waals surface area contributed by atoms with Crippen molar-refractivity contribution < 1.29 is 9.59 Å². The van der Waals surface area contributed by atoms with Crippen LogP contribution >= 0.6 is 0 Å². The number of hydrogen-bond acceptors (Lipinski definition) is 4. The predicted molar refractivity (Wildman–Crippen MR) is 108 cm³/mol. The largest absolute Gasteiger partial charge is 0.331 e. The lowest BCUT2D eigenvalue weighted by molar-refractivity contribution is -0.139. The van der Waals surface area contributed by atoms with Gasteiger partial charge in [0, 0.05) is 0 Å². The summed E-state index contributed by atoms with van der Waals surface area (Å²) in [7, 11) is 0. The summed E-state index contributed by atoms with van der Waals surface area (Å²) in [4.78, 5) is 23.6. The molecule has 0 radical (unpaired) electrons. The van der Waals surface area contributed by atoms with E-state index in [1.54, 1.807) is 0 Å². The van der Waals surface area contributed by atoms with E-state index in [1.165, 1.54) is 47.5 Å². The van der Waals surface area contributed by atoms with Crippen molar-refractivity contribution in [3.8, 4) is 0 Å². The maximum atomic E-state index is 11.8. The lowest BCUT2D eigenvalue weighted by Crippen LogP contribution is -2.35. The van der Waals surface area contributed by atoms with Gasteiger partial charge in [-0.25, -0.2) is 10.9 Å². The van der Waals surface area contributed by atoms with Crippen LogP contribution in [0.5, 0.6) is 0 Å². The molecule has 2 aromatic carbocycles. The Kier molecular flexibility index (Phi) is 5.28.